The molecule has 2 atom stereocenters. The number of hydrogen-bond acceptors (Lipinski definition) is 2. The molecule has 0 aromatic heterocycles. The third-order valence-electron chi connectivity index (χ3n) is 4.41. The Bertz CT molecular complexity index is 670. The normalized spacial score (nSPS) is 24.3. The van der Waals surface area contributed by atoms with E-state index in [9.17, 15) is 0 Å². The van der Waals surface area contributed by atoms with Gasteiger partial charge in [0.2, 0.25) is 0 Å². The number of para-hydroxylation sites is 1. The maximum absolute atomic E-state index is 6.20. The molecule has 102 valence electrons. The van der Waals surface area contributed by atoms with E-state index in [4.69, 9.17) is 16.3 Å². The summed E-state index contributed by atoms with van der Waals surface area (Å²) in [6, 6.07) is 14.4. The third-order valence-corrected chi connectivity index (χ3v) is 4.65. The van der Waals surface area contributed by atoms with Gasteiger partial charge in [-0.2, -0.15) is 0 Å². The van der Waals surface area contributed by atoms with E-state index in [0.717, 1.165) is 29.6 Å². The van der Waals surface area contributed by atoms with Crippen molar-refractivity contribution in [3.8, 4) is 11.5 Å². The molecule has 1 unspecified atom stereocenters. The molecule has 2 aliphatic heterocycles. The van der Waals surface area contributed by atoms with E-state index < -0.39 is 0 Å². The lowest BCUT2D eigenvalue weighted by Gasteiger charge is -2.17. The molecule has 3 heteroatoms. The van der Waals surface area contributed by atoms with E-state index in [-0.39, 0.29) is 0 Å². The lowest BCUT2D eigenvalue weighted by Crippen LogP contribution is -2.14. The Morgan fingerprint density at radius 2 is 1.70 bits per heavy atom. The monoisotopic (exact) mass is 285 g/mol. The van der Waals surface area contributed by atoms with Crippen LogP contribution >= 0.6 is 11.6 Å². The fourth-order valence-corrected chi connectivity index (χ4v) is 3.71. The first-order valence-electron chi connectivity index (χ1n) is 6.97. The van der Waals surface area contributed by atoms with Crippen LogP contribution in [-0.2, 0) is 0 Å². The van der Waals surface area contributed by atoms with Crippen LogP contribution in [0.5, 0.6) is 11.5 Å². The summed E-state index contributed by atoms with van der Waals surface area (Å²) in [4.78, 5) is 2.39. The minimum Gasteiger partial charge on any atom is -0.457 e. The number of rotatable bonds is 0. The molecule has 2 aromatic rings. The van der Waals surface area contributed by atoms with Crippen molar-refractivity contribution in [1.29, 1.82) is 0 Å². The minimum atomic E-state index is 0.456. The van der Waals surface area contributed by atoms with Crippen molar-refractivity contribution in [3.63, 3.8) is 0 Å². The van der Waals surface area contributed by atoms with Gasteiger partial charge in [0, 0.05) is 35.5 Å². The van der Waals surface area contributed by atoms with E-state index in [1.807, 2.05) is 18.2 Å². The zero-order valence-electron chi connectivity index (χ0n) is 11.3. The Morgan fingerprint density at radius 1 is 1.00 bits per heavy atom. The summed E-state index contributed by atoms with van der Waals surface area (Å²) < 4.78 is 6.15. The van der Waals surface area contributed by atoms with Crippen molar-refractivity contribution in [2.75, 3.05) is 20.1 Å². The predicted molar refractivity (Wildman–Crippen MR) is 80.9 cm³/mol. The molecule has 20 heavy (non-hydrogen) atoms. The van der Waals surface area contributed by atoms with Gasteiger partial charge in [0.15, 0.2) is 0 Å². The van der Waals surface area contributed by atoms with Crippen molar-refractivity contribution in [2.24, 2.45) is 0 Å². The second kappa shape index (κ2) is 4.51. The Morgan fingerprint density at radius 3 is 2.55 bits per heavy atom. The zero-order valence-corrected chi connectivity index (χ0v) is 12.1. The summed E-state index contributed by atoms with van der Waals surface area (Å²) >= 11 is 6.20. The molecule has 0 saturated carbocycles. The Hall–Kier alpha value is -1.51. The highest BCUT2D eigenvalue weighted by atomic mass is 35.5. The molecule has 1 saturated heterocycles. The van der Waals surface area contributed by atoms with E-state index in [0.29, 0.717) is 11.8 Å². The highest BCUT2D eigenvalue weighted by molar-refractivity contribution is 6.30. The van der Waals surface area contributed by atoms with Gasteiger partial charge in [-0.1, -0.05) is 29.8 Å². The van der Waals surface area contributed by atoms with Gasteiger partial charge < -0.3 is 9.64 Å². The summed E-state index contributed by atoms with van der Waals surface area (Å²) in [6.45, 7) is 2.12. The second-order valence-electron chi connectivity index (χ2n) is 5.76. The predicted octanol–water partition coefficient (Wildman–Crippen LogP) is 4.26. The second-order valence-corrected chi connectivity index (χ2v) is 6.19. The van der Waals surface area contributed by atoms with Crippen LogP contribution < -0.4 is 4.74 Å². The number of likely N-dealkylation sites (N-methyl/N-ethyl adjacent to an activating group) is 1. The summed E-state index contributed by atoms with van der Waals surface area (Å²) in [5.41, 5.74) is 2.55. The first-order chi connectivity index (χ1) is 9.72. The molecule has 2 aromatic carbocycles. The molecule has 2 nitrogen and oxygen atoms in total. The van der Waals surface area contributed by atoms with Crippen LogP contribution in [0.25, 0.3) is 0 Å². The van der Waals surface area contributed by atoms with Crippen molar-refractivity contribution in [2.45, 2.75) is 11.8 Å². The van der Waals surface area contributed by atoms with Crippen LogP contribution in [0.2, 0.25) is 5.02 Å². The van der Waals surface area contributed by atoms with Crippen molar-refractivity contribution in [1.82, 2.24) is 4.90 Å². The fraction of sp³-hybridized carbons (Fsp3) is 0.294. The first kappa shape index (κ1) is 12.2. The SMILES string of the molecule is CN1CC2c3ccccc3Oc3ccc(Cl)cc3[C@@H]2C1. The van der Waals surface area contributed by atoms with Gasteiger partial charge in [-0.3, -0.25) is 0 Å². The number of likely N-dealkylation sites (tertiary alicyclic amines) is 1. The topological polar surface area (TPSA) is 12.5 Å². The van der Waals surface area contributed by atoms with Crippen LogP contribution in [0, 0.1) is 0 Å². The molecule has 2 aliphatic rings. The van der Waals surface area contributed by atoms with E-state index in [1.54, 1.807) is 0 Å². The van der Waals surface area contributed by atoms with Gasteiger partial charge >= 0.3 is 0 Å². The summed E-state index contributed by atoms with van der Waals surface area (Å²) in [7, 11) is 2.18. The molecule has 0 radical (unpaired) electrons. The molecule has 1 fully saturated rings. The van der Waals surface area contributed by atoms with Crippen molar-refractivity contribution >= 4 is 11.6 Å². The van der Waals surface area contributed by atoms with Gasteiger partial charge in [-0.25, -0.2) is 0 Å². The number of hydrogen-bond donors (Lipinski definition) is 0. The van der Waals surface area contributed by atoms with Gasteiger partial charge in [0.1, 0.15) is 11.5 Å². The quantitative estimate of drug-likeness (QED) is 0.717. The number of halogens is 1. The third kappa shape index (κ3) is 1.83. The molecular formula is C17H16ClNO. The van der Waals surface area contributed by atoms with Crippen LogP contribution in [0.3, 0.4) is 0 Å². The van der Waals surface area contributed by atoms with Crippen LogP contribution in [0.1, 0.15) is 23.0 Å². The van der Waals surface area contributed by atoms with Crippen LogP contribution in [-0.4, -0.2) is 25.0 Å². The summed E-state index contributed by atoms with van der Waals surface area (Å²) in [5.74, 6) is 2.87. The molecular weight excluding hydrogens is 270 g/mol. The maximum Gasteiger partial charge on any atom is 0.131 e. The van der Waals surface area contributed by atoms with Crippen LogP contribution in [0.15, 0.2) is 42.5 Å². The highest BCUT2D eigenvalue weighted by Gasteiger charge is 2.38. The molecule has 4 rings (SSSR count). The van der Waals surface area contributed by atoms with Gasteiger partial charge in [-0.15, -0.1) is 0 Å². The van der Waals surface area contributed by atoms with Gasteiger partial charge in [0.25, 0.3) is 0 Å². The van der Waals surface area contributed by atoms with Crippen molar-refractivity contribution < 1.29 is 4.74 Å². The standard InChI is InChI=1S/C17H16ClNO/c1-19-9-14-12-4-2-3-5-16(12)20-17-7-6-11(18)8-13(17)15(14)10-19/h2-8,14-15H,9-10H2,1H3/t14?,15-/m0/s1. The van der Waals surface area contributed by atoms with E-state index >= 15 is 0 Å². The Labute approximate surface area is 123 Å². The molecule has 0 N–H and O–H groups in total. The molecule has 0 spiro atoms. The maximum atomic E-state index is 6.20. The Balaban J connectivity index is 1.93. The molecule has 2 heterocycles. The lowest BCUT2D eigenvalue weighted by atomic mass is 9.84. The minimum absolute atomic E-state index is 0.456. The lowest BCUT2D eigenvalue weighted by molar-refractivity contribution is 0.401. The Kier molecular flexibility index (Phi) is 2.76. The molecule has 0 bridgehead atoms. The molecule has 0 aliphatic carbocycles. The van der Waals surface area contributed by atoms with Crippen molar-refractivity contribution in [3.05, 3.63) is 58.6 Å². The van der Waals surface area contributed by atoms with E-state index in [1.165, 1.54) is 11.1 Å². The van der Waals surface area contributed by atoms with Gasteiger partial charge in [-0.05, 0) is 36.9 Å². The fourth-order valence-electron chi connectivity index (χ4n) is 3.53. The number of nitrogens with zero attached hydrogens (tertiary/aromatic N) is 1. The average Bonchev–Trinajstić information content (AvgIpc) is 2.78. The van der Waals surface area contributed by atoms with E-state index in [2.05, 4.69) is 36.2 Å². The number of ether oxygens (including phenoxy) is 1. The number of fused-ring (bicyclic) bond motifs is 5. The zero-order chi connectivity index (χ0) is 13.7. The van der Waals surface area contributed by atoms with Crippen LogP contribution in [0.4, 0.5) is 0 Å². The molecule has 0 amide bonds. The number of benzene rings is 2. The highest BCUT2D eigenvalue weighted by Crippen LogP contribution is 2.49. The average molecular weight is 286 g/mol. The summed E-state index contributed by atoms with van der Waals surface area (Å²) in [6.07, 6.45) is 0. The smallest absolute Gasteiger partial charge is 0.131 e. The van der Waals surface area contributed by atoms with Gasteiger partial charge in [0.05, 0.1) is 0 Å². The first-order valence-corrected chi connectivity index (χ1v) is 7.35. The summed E-state index contributed by atoms with van der Waals surface area (Å²) in [5, 5.41) is 0.784. The largest absolute Gasteiger partial charge is 0.457 e.